The summed E-state index contributed by atoms with van der Waals surface area (Å²) in [4.78, 5) is 6.82. The minimum absolute atomic E-state index is 0.566. The first-order valence-electron chi connectivity index (χ1n) is 7.42. The molecular weight excluding hydrogens is 286 g/mol. The molecule has 0 amide bonds. The van der Waals surface area contributed by atoms with E-state index in [1.807, 2.05) is 12.1 Å². The van der Waals surface area contributed by atoms with Gasteiger partial charge in [-0.3, -0.25) is 0 Å². The molecule has 0 saturated heterocycles. The van der Waals surface area contributed by atoms with Crippen molar-refractivity contribution < 1.29 is 4.42 Å². The molecule has 2 aromatic rings. The number of anilines is 1. The Hall–Kier alpha value is -1.52. The number of nitrogens with zero attached hydrogens (tertiary/aromatic N) is 2. The van der Waals surface area contributed by atoms with Gasteiger partial charge in [-0.1, -0.05) is 18.5 Å². The summed E-state index contributed by atoms with van der Waals surface area (Å²) in [5.74, 6) is 1.94. The Morgan fingerprint density at radius 1 is 1.48 bits per heavy atom. The third-order valence-electron chi connectivity index (χ3n) is 3.67. The molecule has 1 saturated carbocycles. The van der Waals surface area contributed by atoms with E-state index in [4.69, 9.17) is 16.0 Å². The number of halogens is 1. The van der Waals surface area contributed by atoms with Crippen molar-refractivity contribution in [3.8, 4) is 0 Å². The maximum Gasteiger partial charge on any atom is 0.129 e. The number of pyridine rings is 1. The number of hydrogen-bond donors (Lipinski definition) is 1. The van der Waals surface area contributed by atoms with Crippen LogP contribution in [0.2, 0.25) is 5.02 Å². The molecule has 0 aliphatic heterocycles. The average molecular weight is 306 g/mol. The number of nitrogens with one attached hydrogen (secondary N) is 1. The number of hydrogen-bond acceptors (Lipinski definition) is 4. The molecule has 1 fully saturated rings. The van der Waals surface area contributed by atoms with Gasteiger partial charge in [-0.25, -0.2) is 4.98 Å². The van der Waals surface area contributed by atoms with E-state index in [0.717, 1.165) is 36.8 Å². The summed E-state index contributed by atoms with van der Waals surface area (Å²) in [7, 11) is 0. The Kier molecular flexibility index (Phi) is 4.46. The molecule has 2 heterocycles. The van der Waals surface area contributed by atoms with E-state index in [1.165, 1.54) is 12.8 Å². The van der Waals surface area contributed by atoms with Gasteiger partial charge in [0.05, 0.1) is 17.8 Å². The molecular formula is C16H20ClN3O. The molecule has 1 N–H and O–H groups in total. The topological polar surface area (TPSA) is 41.3 Å². The zero-order valence-electron chi connectivity index (χ0n) is 12.2. The van der Waals surface area contributed by atoms with Crippen molar-refractivity contribution in [3.63, 3.8) is 0 Å². The third-order valence-corrected chi connectivity index (χ3v) is 4.01. The van der Waals surface area contributed by atoms with Gasteiger partial charge >= 0.3 is 0 Å². The van der Waals surface area contributed by atoms with Gasteiger partial charge in [0.25, 0.3) is 0 Å². The highest BCUT2D eigenvalue weighted by atomic mass is 35.5. The second kappa shape index (κ2) is 6.50. The van der Waals surface area contributed by atoms with Crippen molar-refractivity contribution in [1.29, 1.82) is 0 Å². The number of furan rings is 1. The van der Waals surface area contributed by atoms with Gasteiger partial charge in [0.15, 0.2) is 0 Å². The smallest absolute Gasteiger partial charge is 0.129 e. The first kappa shape index (κ1) is 14.4. The molecule has 112 valence electrons. The van der Waals surface area contributed by atoms with Crippen LogP contribution in [0.25, 0.3) is 0 Å². The molecule has 21 heavy (non-hydrogen) atoms. The summed E-state index contributed by atoms with van der Waals surface area (Å²) in [5.41, 5.74) is 1.09. The van der Waals surface area contributed by atoms with Crippen LogP contribution in [0.5, 0.6) is 0 Å². The van der Waals surface area contributed by atoms with E-state index < -0.39 is 0 Å². The second-order valence-corrected chi connectivity index (χ2v) is 5.76. The molecule has 0 radical (unpaired) electrons. The van der Waals surface area contributed by atoms with Crippen LogP contribution >= 0.6 is 11.6 Å². The van der Waals surface area contributed by atoms with Crippen LogP contribution in [0.3, 0.4) is 0 Å². The van der Waals surface area contributed by atoms with Crippen molar-refractivity contribution in [2.75, 3.05) is 11.4 Å². The highest BCUT2D eigenvalue weighted by Gasteiger charge is 2.30. The minimum atomic E-state index is 0.566. The SMILES string of the molecule is CCNCc1cc(N(Cc2ccco2)C2CC2)ncc1Cl. The molecule has 0 unspecified atom stereocenters. The molecule has 4 nitrogen and oxygen atoms in total. The van der Waals surface area contributed by atoms with Gasteiger partial charge in [-0.15, -0.1) is 0 Å². The highest BCUT2D eigenvalue weighted by molar-refractivity contribution is 6.31. The maximum atomic E-state index is 6.24. The fraction of sp³-hybridized carbons (Fsp3) is 0.438. The second-order valence-electron chi connectivity index (χ2n) is 5.35. The van der Waals surface area contributed by atoms with Gasteiger partial charge < -0.3 is 14.6 Å². The number of rotatable bonds is 7. The molecule has 2 aromatic heterocycles. The average Bonchev–Trinajstić information content (AvgIpc) is 3.21. The van der Waals surface area contributed by atoms with Gasteiger partial charge in [-0.2, -0.15) is 0 Å². The van der Waals surface area contributed by atoms with Gasteiger partial charge in [-0.05, 0) is 43.1 Å². The van der Waals surface area contributed by atoms with Crippen LogP contribution in [0.15, 0.2) is 35.1 Å². The first-order chi connectivity index (χ1) is 10.3. The standard InChI is InChI=1S/C16H20ClN3O/c1-2-18-9-12-8-16(19-10-15(12)17)20(13-5-6-13)11-14-4-3-7-21-14/h3-4,7-8,10,13,18H,2,5-6,9,11H2,1H3. The van der Waals surface area contributed by atoms with Crippen LogP contribution in [0.4, 0.5) is 5.82 Å². The Labute approximate surface area is 130 Å². The zero-order chi connectivity index (χ0) is 14.7. The first-order valence-corrected chi connectivity index (χ1v) is 7.80. The van der Waals surface area contributed by atoms with Crippen LogP contribution in [0, 0.1) is 0 Å². The Morgan fingerprint density at radius 3 is 3.00 bits per heavy atom. The summed E-state index contributed by atoms with van der Waals surface area (Å²) < 4.78 is 5.47. The van der Waals surface area contributed by atoms with E-state index in [-0.39, 0.29) is 0 Å². The molecule has 5 heteroatoms. The quantitative estimate of drug-likeness (QED) is 0.848. The van der Waals surface area contributed by atoms with Gasteiger partial charge in [0.1, 0.15) is 11.6 Å². The van der Waals surface area contributed by atoms with Crippen molar-refractivity contribution in [3.05, 3.63) is 47.0 Å². The summed E-state index contributed by atoms with van der Waals surface area (Å²) in [5, 5.41) is 4.03. The van der Waals surface area contributed by atoms with Crippen LogP contribution in [-0.2, 0) is 13.1 Å². The van der Waals surface area contributed by atoms with Crippen molar-refractivity contribution in [2.24, 2.45) is 0 Å². The van der Waals surface area contributed by atoms with Crippen LogP contribution in [0.1, 0.15) is 31.1 Å². The lowest BCUT2D eigenvalue weighted by atomic mass is 10.2. The molecule has 1 aliphatic rings. The molecule has 3 rings (SSSR count). The fourth-order valence-electron chi connectivity index (χ4n) is 2.37. The predicted octanol–water partition coefficient (Wildman–Crippen LogP) is 3.61. The van der Waals surface area contributed by atoms with Crippen LogP contribution in [-0.4, -0.2) is 17.6 Å². The molecule has 0 spiro atoms. The molecule has 0 atom stereocenters. The van der Waals surface area contributed by atoms with E-state index >= 15 is 0 Å². The van der Waals surface area contributed by atoms with Crippen molar-refractivity contribution >= 4 is 17.4 Å². The highest BCUT2D eigenvalue weighted by Crippen LogP contribution is 2.33. The number of aromatic nitrogens is 1. The zero-order valence-corrected chi connectivity index (χ0v) is 12.9. The normalized spacial score (nSPS) is 14.4. The maximum absolute atomic E-state index is 6.24. The summed E-state index contributed by atoms with van der Waals surface area (Å²) in [6, 6.07) is 6.58. The Bertz CT molecular complexity index is 581. The summed E-state index contributed by atoms with van der Waals surface area (Å²) >= 11 is 6.24. The van der Waals surface area contributed by atoms with Crippen molar-refractivity contribution in [2.45, 2.75) is 38.9 Å². The van der Waals surface area contributed by atoms with E-state index in [9.17, 15) is 0 Å². The lowest BCUT2D eigenvalue weighted by Gasteiger charge is -2.23. The lowest BCUT2D eigenvalue weighted by Crippen LogP contribution is -2.26. The van der Waals surface area contributed by atoms with Crippen molar-refractivity contribution in [1.82, 2.24) is 10.3 Å². The van der Waals surface area contributed by atoms with Gasteiger partial charge in [0, 0.05) is 18.8 Å². The van der Waals surface area contributed by atoms with Crippen LogP contribution < -0.4 is 10.2 Å². The van der Waals surface area contributed by atoms with E-state index in [0.29, 0.717) is 11.1 Å². The lowest BCUT2D eigenvalue weighted by molar-refractivity contribution is 0.500. The monoisotopic (exact) mass is 305 g/mol. The third kappa shape index (κ3) is 3.57. The Morgan fingerprint density at radius 2 is 2.33 bits per heavy atom. The summed E-state index contributed by atoms with van der Waals surface area (Å²) in [6.07, 6.45) is 5.90. The van der Waals surface area contributed by atoms with E-state index in [2.05, 4.69) is 28.2 Å². The predicted molar refractivity (Wildman–Crippen MR) is 84.5 cm³/mol. The molecule has 0 aromatic carbocycles. The van der Waals surface area contributed by atoms with Gasteiger partial charge in [0.2, 0.25) is 0 Å². The molecule has 1 aliphatic carbocycles. The fourth-order valence-corrected chi connectivity index (χ4v) is 2.54. The largest absolute Gasteiger partial charge is 0.467 e. The molecule has 0 bridgehead atoms. The minimum Gasteiger partial charge on any atom is -0.467 e. The summed E-state index contributed by atoms with van der Waals surface area (Å²) in [6.45, 7) is 4.53. The van der Waals surface area contributed by atoms with E-state index in [1.54, 1.807) is 12.5 Å². The Balaban J connectivity index is 1.81.